The minimum atomic E-state index is -0.293. The summed E-state index contributed by atoms with van der Waals surface area (Å²) in [6, 6.07) is 8.83. The predicted molar refractivity (Wildman–Crippen MR) is 77.4 cm³/mol. The van der Waals surface area contributed by atoms with Crippen molar-refractivity contribution in [1.82, 2.24) is 0 Å². The summed E-state index contributed by atoms with van der Waals surface area (Å²) in [5, 5.41) is 9.94. The van der Waals surface area contributed by atoms with Crippen molar-refractivity contribution in [2.45, 2.75) is 52.6 Å². The van der Waals surface area contributed by atoms with Crippen LogP contribution in [-0.4, -0.2) is 11.2 Å². The minimum absolute atomic E-state index is 0.200. The first kappa shape index (κ1) is 13.4. The molecule has 0 radical (unpaired) electrons. The molecule has 1 unspecified atom stereocenters. The first-order chi connectivity index (χ1) is 8.50. The number of hydrogen-bond acceptors (Lipinski definition) is 1. The second kappa shape index (κ2) is 5.27. The molecule has 1 aliphatic rings. The van der Waals surface area contributed by atoms with Gasteiger partial charge in [0.2, 0.25) is 0 Å². The Hall–Kier alpha value is -1.08. The van der Waals surface area contributed by atoms with Crippen LogP contribution in [0.1, 0.15) is 51.2 Å². The van der Waals surface area contributed by atoms with Crippen molar-refractivity contribution in [2.75, 3.05) is 0 Å². The third-order valence-electron chi connectivity index (χ3n) is 3.69. The molecule has 0 amide bonds. The molecule has 1 aliphatic carbocycles. The molecular formula is C17H24O. The van der Waals surface area contributed by atoms with Crippen LogP contribution >= 0.6 is 0 Å². The van der Waals surface area contributed by atoms with Gasteiger partial charge in [-0.3, -0.25) is 0 Å². The van der Waals surface area contributed by atoms with Gasteiger partial charge < -0.3 is 5.11 Å². The Morgan fingerprint density at radius 2 is 1.89 bits per heavy atom. The smallest absolute Gasteiger partial charge is 0.0732 e. The van der Waals surface area contributed by atoms with Gasteiger partial charge in [0.1, 0.15) is 0 Å². The fourth-order valence-corrected chi connectivity index (χ4v) is 2.88. The van der Waals surface area contributed by atoms with Crippen LogP contribution in [0.25, 0.3) is 5.57 Å². The Kier molecular flexibility index (Phi) is 3.91. The predicted octanol–water partition coefficient (Wildman–Crippen LogP) is 4.20. The molecule has 0 aliphatic heterocycles. The number of aryl methyl sites for hydroxylation is 1. The van der Waals surface area contributed by atoms with Crippen LogP contribution in [0, 0.1) is 5.41 Å². The van der Waals surface area contributed by atoms with Crippen molar-refractivity contribution in [3.05, 3.63) is 41.5 Å². The van der Waals surface area contributed by atoms with Crippen LogP contribution in [0.5, 0.6) is 0 Å². The van der Waals surface area contributed by atoms with Gasteiger partial charge in [0.15, 0.2) is 0 Å². The highest BCUT2D eigenvalue weighted by atomic mass is 16.3. The Morgan fingerprint density at radius 3 is 2.44 bits per heavy atom. The second-order valence-electron chi connectivity index (χ2n) is 6.25. The molecule has 0 fully saturated rings. The maximum Gasteiger partial charge on any atom is 0.0732 e. The number of benzene rings is 1. The van der Waals surface area contributed by atoms with E-state index in [0.717, 1.165) is 19.3 Å². The SMILES string of the molecule is CCCc1ccc(C2=CC(O)CC(C)(C)C2)cc1. The molecule has 1 atom stereocenters. The third kappa shape index (κ3) is 3.23. The topological polar surface area (TPSA) is 20.2 Å². The van der Waals surface area contributed by atoms with Crippen LogP contribution in [0.2, 0.25) is 0 Å². The van der Waals surface area contributed by atoms with Gasteiger partial charge in [-0.05, 0) is 41.4 Å². The Bertz CT molecular complexity index is 425. The summed E-state index contributed by atoms with van der Waals surface area (Å²) < 4.78 is 0. The molecule has 2 rings (SSSR count). The van der Waals surface area contributed by atoms with Gasteiger partial charge in [0.25, 0.3) is 0 Å². The summed E-state index contributed by atoms with van der Waals surface area (Å²) in [6.45, 7) is 6.67. The summed E-state index contributed by atoms with van der Waals surface area (Å²) >= 11 is 0. The molecule has 1 nitrogen and oxygen atoms in total. The summed E-state index contributed by atoms with van der Waals surface area (Å²) in [7, 11) is 0. The Balaban J connectivity index is 2.20. The molecule has 18 heavy (non-hydrogen) atoms. The van der Waals surface area contributed by atoms with E-state index in [-0.39, 0.29) is 11.5 Å². The van der Waals surface area contributed by atoms with E-state index < -0.39 is 0 Å². The summed E-state index contributed by atoms with van der Waals surface area (Å²) in [4.78, 5) is 0. The molecule has 1 aromatic rings. The maximum atomic E-state index is 9.94. The zero-order valence-electron chi connectivity index (χ0n) is 11.7. The van der Waals surface area contributed by atoms with Gasteiger partial charge in [-0.2, -0.15) is 0 Å². The fraction of sp³-hybridized carbons (Fsp3) is 0.529. The lowest BCUT2D eigenvalue weighted by Crippen LogP contribution is -2.24. The van der Waals surface area contributed by atoms with Gasteiger partial charge in [0, 0.05) is 0 Å². The lowest BCUT2D eigenvalue weighted by Gasteiger charge is -2.32. The van der Waals surface area contributed by atoms with E-state index in [1.807, 2.05) is 6.08 Å². The zero-order chi connectivity index (χ0) is 13.2. The molecule has 0 bridgehead atoms. The van der Waals surface area contributed by atoms with E-state index in [1.165, 1.54) is 23.1 Å². The van der Waals surface area contributed by atoms with E-state index in [0.29, 0.717) is 0 Å². The standard InChI is InChI=1S/C17H24O/c1-4-5-13-6-8-14(9-7-13)15-10-16(18)12-17(2,3)11-15/h6-10,16,18H,4-5,11-12H2,1-3H3. The molecule has 1 aromatic carbocycles. The van der Waals surface area contributed by atoms with Gasteiger partial charge >= 0.3 is 0 Å². The fourth-order valence-electron chi connectivity index (χ4n) is 2.88. The maximum absolute atomic E-state index is 9.94. The van der Waals surface area contributed by atoms with E-state index >= 15 is 0 Å². The lowest BCUT2D eigenvalue weighted by atomic mass is 9.74. The van der Waals surface area contributed by atoms with Crippen LogP contribution in [-0.2, 0) is 6.42 Å². The Labute approximate surface area is 111 Å². The number of aliphatic hydroxyl groups excluding tert-OH is 1. The summed E-state index contributed by atoms with van der Waals surface area (Å²) in [6.07, 6.45) is 5.99. The van der Waals surface area contributed by atoms with Crippen molar-refractivity contribution >= 4 is 5.57 Å². The van der Waals surface area contributed by atoms with Crippen molar-refractivity contribution in [3.8, 4) is 0 Å². The lowest BCUT2D eigenvalue weighted by molar-refractivity contribution is 0.146. The van der Waals surface area contributed by atoms with Crippen LogP contribution in [0.15, 0.2) is 30.3 Å². The third-order valence-corrected chi connectivity index (χ3v) is 3.69. The average molecular weight is 244 g/mol. The largest absolute Gasteiger partial charge is 0.389 e. The molecule has 0 saturated carbocycles. The Morgan fingerprint density at radius 1 is 1.22 bits per heavy atom. The molecule has 0 aromatic heterocycles. The van der Waals surface area contributed by atoms with Gasteiger partial charge in [-0.1, -0.05) is 57.5 Å². The molecule has 1 N–H and O–H groups in total. The highest BCUT2D eigenvalue weighted by Crippen LogP contribution is 2.39. The quantitative estimate of drug-likeness (QED) is 0.844. The molecular weight excluding hydrogens is 220 g/mol. The molecule has 0 spiro atoms. The second-order valence-corrected chi connectivity index (χ2v) is 6.25. The molecule has 0 heterocycles. The number of rotatable bonds is 3. The highest BCUT2D eigenvalue weighted by Gasteiger charge is 2.27. The van der Waals surface area contributed by atoms with Crippen LogP contribution in [0.4, 0.5) is 0 Å². The average Bonchev–Trinajstić information content (AvgIpc) is 2.27. The molecule has 1 heteroatoms. The van der Waals surface area contributed by atoms with E-state index in [1.54, 1.807) is 0 Å². The number of allylic oxidation sites excluding steroid dienone is 1. The minimum Gasteiger partial charge on any atom is -0.389 e. The van der Waals surface area contributed by atoms with Crippen LogP contribution < -0.4 is 0 Å². The first-order valence-corrected chi connectivity index (χ1v) is 6.98. The van der Waals surface area contributed by atoms with E-state index in [9.17, 15) is 5.11 Å². The van der Waals surface area contributed by atoms with E-state index in [2.05, 4.69) is 45.0 Å². The van der Waals surface area contributed by atoms with Gasteiger partial charge in [-0.25, -0.2) is 0 Å². The van der Waals surface area contributed by atoms with Crippen molar-refractivity contribution in [3.63, 3.8) is 0 Å². The van der Waals surface area contributed by atoms with Crippen molar-refractivity contribution in [2.24, 2.45) is 5.41 Å². The summed E-state index contributed by atoms with van der Waals surface area (Å²) in [5.41, 5.74) is 4.16. The summed E-state index contributed by atoms with van der Waals surface area (Å²) in [5.74, 6) is 0. The van der Waals surface area contributed by atoms with Gasteiger partial charge in [0.05, 0.1) is 6.10 Å². The van der Waals surface area contributed by atoms with Gasteiger partial charge in [-0.15, -0.1) is 0 Å². The first-order valence-electron chi connectivity index (χ1n) is 6.98. The van der Waals surface area contributed by atoms with Crippen LogP contribution in [0.3, 0.4) is 0 Å². The molecule has 0 saturated heterocycles. The normalized spacial score (nSPS) is 22.7. The number of hydrogen-bond donors (Lipinski definition) is 1. The van der Waals surface area contributed by atoms with E-state index in [4.69, 9.17) is 0 Å². The monoisotopic (exact) mass is 244 g/mol. The number of aliphatic hydroxyl groups is 1. The molecule has 98 valence electrons. The zero-order valence-corrected chi connectivity index (χ0v) is 11.7. The van der Waals surface area contributed by atoms with Crippen molar-refractivity contribution < 1.29 is 5.11 Å². The van der Waals surface area contributed by atoms with Crippen molar-refractivity contribution in [1.29, 1.82) is 0 Å². The highest BCUT2D eigenvalue weighted by molar-refractivity contribution is 5.67.